The molecule has 0 radical (unpaired) electrons. The van der Waals surface area contributed by atoms with Crippen molar-refractivity contribution in [1.29, 1.82) is 0 Å². The molecule has 0 aliphatic carbocycles. The Balaban J connectivity index is 1.78. The minimum atomic E-state index is 0.301. The highest BCUT2D eigenvalue weighted by Gasteiger charge is 2.16. The maximum atomic E-state index is 5.41. The van der Waals surface area contributed by atoms with E-state index in [1.165, 1.54) is 11.1 Å². The fraction of sp³-hybridized carbons (Fsp3) is 0.250. The quantitative estimate of drug-likeness (QED) is 0.902. The van der Waals surface area contributed by atoms with Crippen molar-refractivity contribution in [2.75, 3.05) is 12.1 Å². The first-order valence-corrected chi connectivity index (χ1v) is 7.31. The SMILES string of the molecule is Cc1cc(C)cc(NCc2cc3c(cc2Br)OCO3)c1. The maximum Gasteiger partial charge on any atom is 0.231 e. The summed E-state index contributed by atoms with van der Waals surface area (Å²) >= 11 is 3.58. The van der Waals surface area contributed by atoms with E-state index in [0.717, 1.165) is 33.8 Å². The Morgan fingerprint density at radius 2 is 1.65 bits per heavy atom. The molecular weight excluding hydrogens is 318 g/mol. The summed E-state index contributed by atoms with van der Waals surface area (Å²) in [6.07, 6.45) is 0. The van der Waals surface area contributed by atoms with Gasteiger partial charge in [-0.2, -0.15) is 0 Å². The van der Waals surface area contributed by atoms with E-state index < -0.39 is 0 Å². The topological polar surface area (TPSA) is 30.5 Å². The van der Waals surface area contributed by atoms with Crippen molar-refractivity contribution in [3.05, 3.63) is 51.5 Å². The van der Waals surface area contributed by atoms with Crippen LogP contribution in [0, 0.1) is 13.8 Å². The molecule has 1 aliphatic heterocycles. The Bertz CT molecular complexity index is 635. The number of nitrogens with one attached hydrogen (secondary N) is 1. The molecule has 0 saturated carbocycles. The van der Waals surface area contributed by atoms with Gasteiger partial charge < -0.3 is 14.8 Å². The molecule has 1 N–H and O–H groups in total. The Hall–Kier alpha value is -1.68. The fourth-order valence-electron chi connectivity index (χ4n) is 2.37. The van der Waals surface area contributed by atoms with E-state index in [1.54, 1.807) is 0 Å². The van der Waals surface area contributed by atoms with Gasteiger partial charge in [0.15, 0.2) is 11.5 Å². The summed E-state index contributed by atoms with van der Waals surface area (Å²) in [5, 5.41) is 3.45. The zero-order chi connectivity index (χ0) is 14.1. The third-order valence-electron chi connectivity index (χ3n) is 3.25. The Kier molecular flexibility index (Phi) is 3.57. The van der Waals surface area contributed by atoms with Crippen LogP contribution in [0.2, 0.25) is 0 Å². The van der Waals surface area contributed by atoms with Crippen LogP contribution in [0.1, 0.15) is 16.7 Å². The van der Waals surface area contributed by atoms with Crippen molar-refractivity contribution in [1.82, 2.24) is 0 Å². The molecule has 0 fully saturated rings. The summed E-state index contributed by atoms with van der Waals surface area (Å²) in [6.45, 7) is 5.25. The smallest absolute Gasteiger partial charge is 0.231 e. The summed E-state index contributed by atoms with van der Waals surface area (Å²) in [5.74, 6) is 1.61. The molecule has 4 heteroatoms. The van der Waals surface area contributed by atoms with Crippen molar-refractivity contribution in [2.45, 2.75) is 20.4 Å². The minimum Gasteiger partial charge on any atom is -0.454 e. The van der Waals surface area contributed by atoms with Gasteiger partial charge in [-0.15, -0.1) is 0 Å². The number of benzene rings is 2. The first-order valence-electron chi connectivity index (χ1n) is 6.52. The lowest BCUT2D eigenvalue weighted by Gasteiger charge is -2.11. The van der Waals surface area contributed by atoms with E-state index in [-0.39, 0.29) is 0 Å². The van der Waals surface area contributed by atoms with Gasteiger partial charge in [0.1, 0.15) is 0 Å². The van der Waals surface area contributed by atoms with Crippen LogP contribution in [0.5, 0.6) is 11.5 Å². The lowest BCUT2D eigenvalue weighted by Crippen LogP contribution is -2.01. The van der Waals surface area contributed by atoms with Crippen molar-refractivity contribution >= 4 is 21.6 Å². The predicted molar refractivity (Wildman–Crippen MR) is 83.5 cm³/mol. The molecule has 0 saturated heterocycles. The van der Waals surface area contributed by atoms with Gasteiger partial charge in [-0.1, -0.05) is 22.0 Å². The molecule has 0 atom stereocenters. The van der Waals surface area contributed by atoms with Crippen molar-refractivity contribution < 1.29 is 9.47 Å². The first kappa shape index (κ1) is 13.3. The number of hydrogen-bond donors (Lipinski definition) is 1. The van der Waals surface area contributed by atoms with Crippen LogP contribution >= 0.6 is 15.9 Å². The summed E-state index contributed by atoms with van der Waals surface area (Å²) < 4.78 is 11.8. The van der Waals surface area contributed by atoms with Gasteiger partial charge in [-0.05, 0) is 54.8 Å². The molecule has 104 valence electrons. The van der Waals surface area contributed by atoms with Gasteiger partial charge in [-0.25, -0.2) is 0 Å². The molecule has 1 aliphatic rings. The van der Waals surface area contributed by atoms with E-state index in [9.17, 15) is 0 Å². The summed E-state index contributed by atoms with van der Waals surface area (Å²) in [6, 6.07) is 10.4. The monoisotopic (exact) mass is 333 g/mol. The van der Waals surface area contributed by atoms with E-state index in [1.807, 2.05) is 12.1 Å². The minimum absolute atomic E-state index is 0.301. The second-order valence-corrected chi connectivity index (χ2v) is 5.88. The average Bonchev–Trinajstić information content (AvgIpc) is 2.81. The van der Waals surface area contributed by atoms with Gasteiger partial charge in [0.05, 0.1) is 0 Å². The third-order valence-corrected chi connectivity index (χ3v) is 3.98. The number of rotatable bonds is 3. The Morgan fingerprint density at radius 3 is 2.35 bits per heavy atom. The Labute approximate surface area is 127 Å². The molecule has 2 aromatic carbocycles. The van der Waals surface area contributed by atoms with Crippen LogP contribution < -0.4 is 14.8 Å². The maximum absolute atomic E-state index is 5.41. The lowest BCUT2D eigenvalue weighted by atomic mass is 10.1. The average molecular weight is 334 g/mol. The molecule has 0 unspecified atom stereocenters. The number of hydrogen-bond acceptors (Lipinski definition) is 3. The second kappa shape index (κ2) is 5.37. The highest BCUT2D eigenvalue weighted by molar-refractivity contribution is 9.10. The lowest BCUT2D eigenvalue weighted by molar-refractivity contribution is 0.174. The van der Waals surface area contributed by atoms with E-state index in [2.05, 4.69) is 53.3 Å². The molecular formula is C16H16BrNO2. The molecule has 0 spiro atoms. The number of halogens is 1. The second-order valence-electron chi connectivity index (χ2n) is 5.03. The van der Waals surface area contributed by atoms with Crippen LogP contribution in [-0.4, -0.2) is 6.79 Å². The molecule has 3 rings (SSSR count). The van der Waals surface area contributed by atoms with E-state index in [0.29, 0.717) is 6.79 Å². The van der Waals surface area contributed by atoms with Gasteiger partial charge in [0.2, 0.25) is 6.79 Å². The van der Waals surface area contributed by atoms with E-state index >= 15 is 0 Å². The summed E-state index contributed by atoms with van der Waals surface area (Å²) in [7, 11) is 0. The van der Waals surface area contributed by atoms with Crippen LogP contribution in [0.3, 0.4) is 0 Å². The summed E-state index contributed by atoms with van der Waals surface area (Å²) in [4.78, 5) is 0. The van der Waals surface area contributed by atoms with Gasteiger partial charge in [0.25, 0.3) is 0 Å². The fourth-order valence-corrected chi connectivity index (χ4v) is 2.83. The molecule has 0 bridgehead atoms. The van der Waals surface area contributed by atoms with Crippen molar-refractivity contribution in [3.8, 4) is 11.5 Å². The van der Waals surface area contributed by atoms with Crippen molar-refractivity contribution in [2.24, 2.45) is 0 Å². The van der Waals surface area contributed by atoms with Gasteiger partial charge in [0, 0.05) is 16.7 Å². The van der Waals surface area contributed by atoms with Crippen LogP contribution in [0.4, 0.5) is 5.69 Å². The number of aryl methyl sites for hydroxylation is 2. The molecule has 2 aromatic rings. The van der Waals surface area contributed by atoms with Crippen LogP contribution in [0.15, 0.2) is 34.8 Å². The summed E-state index contributed by atoms with van der Waals surface area (Å²) in [5.41, 5.74) is 4.80. The Morgan fingerprint density at radius 1 is 1.00 bits per heavy atom. The third kappa shape index (κ3) is 2.75. The van der Waals surface area contributed by atoms with Crippen molar-refractivity contribution in [3.63, 3.8) is 0 Å². The highest BCUT2D eigenvalue weighted by atomic mass is 79.9. The van der Waals surface area contributed by atoms with Gasteiger partial charge >= 0.3 is 0 Å². The largest absolute Gasteiger partial charge is 0.454 e. The molecule has 1 heterocycles. The zero-order valence-corrected chi connectivity index (χ0v) is 13.1. The van der Waals surface area contributed by atoms with Crippen LogP contribution in [-0.2, 0) is 6.54 Å². The highest BCUT2D eigenvalue weighted by Crippen LogP contribution is 2.37. The zero-order valence-electron chi connectivity index (χ0n) is 11.5. The molecule has 3 nitrogen and oxygen atoms in total. The standard InChI is InChI=1S/C16H16BrNO2/c1-10-3-11(2)5-13(4-10)18-8-12-6-15-16(7-14(12)17)20-9-19-15/h3-7,18H,8-9H2,1-2H3. The van der Waals surface area contributed by atoms with Gasteiger partial charge in [-0.3, -0.25) is 0 Å². The number of anilines is 1. The van der Waals surface area contributed by atoms with Crippen LogP contribution in [0.25, 0.3) is 0 Å². The number of fused-ring (bicyclic) bond motifs is 1. The normalized spacial score (nSPS) is 12.6. The predicted octanol–water partition coefficient (Wildman–Crippen LogP) is 4.41. The molecule has 0 amide bonds. The molecule has 0 aromatic heterocycles. The first-order chi connectivity index (χ1) is 9.61. The molecule has 20 heavy (non-hydrogen) atoms. The number of ether oxygens (including phenoxy) is 2. The van der Waals surface area contributed by atoms with E-state index in [4.69, 9.17) is 9.47 Å².